The zero-order chi connectivity index (χ0) is 24.1. The number of carbonyl (C=O) groups is 1. The number of benzene rings is 1. The van der Waals surface area contributed by atoms with Crippen LogP contribution < -0.4 is 15.0 Å². The Morgan fingerprint density at radius 3 is 2.86 bits per heavy atom. The maximum Gasteiger partial charge on any atom is 0.279 e. The van der Waals surface area contributed by atoms with Gasteiger partial charge in [0.1, 0.15) is 6.54 Å². The van der Waals surface area contributed by atoms with E-state index in [2.05, 4.69) is 16.1 Å². The van der Waals surface area contributed by atoms with Crippen molar-refractivity contribution in [1.82, 2.24) is 19.6 Å². The maximum absolute atomic E-state index is 13.7. The molecule has 0 spiro atoms. The zero-order valence-corrected chi connectivity index (χ0v) is 20.6. The molecule has 0 saturated carbocycles. The molecule has 4 atom stereocenters. The van der Waals surface area contributed by atoms with Gasteiger partial charge in [-0.1, -0.05) is 18.1 Å². The Balaban J connectivity index is 1.30. The van der Waals surface area contributed by atoms with Crippen molar-refractivity contribution in [3.63, 3.8) is 0 Å². The van der Waals surface area contributed by atoms with Crippen LogP contribution >= 0.6 is 0 Å². The van der Waals surface area contributed by atoms with Gasteiger partial charge in [-0.25, -0.2) is 4.68 Å². The highest BCUT2D eigenvalue weighted by atomic mass is 16.5. The predicted molar refractivity (Wildman–Crippen MR) is 133 cm³/mol. The Kier molecular flexibility index (Phi) is 5.79. The van der Waals surface area contributed by atoms with Gasteiger partial charge in [0, 0.05) is 24.5 Å². The molecular weight excluding hydrogens is 444 g/mol. The Labute approximate surface area is 205 Å². The third kappa shape index (κ3) is 3.73. The molecule has 4 heterocycles. The van der Waals surface area contributed by atoms with E-state index in [0.29, 0.717) is 40.1 Å². The van der Waals surface area contributed by atoms with Crippen LogP contribution in [0.5, 0.6) is 11.5 Å². The molecule has 0 N–H and O–H groups in total. The van der Waals surface area contributed by atoms with E-state index in [4.69, 9.17) is 9.47 Å². The fourth-order valence-electron chi connectivity index (χ4n) is 7.17. The SMILES string of the molecule is COc1ccc2cnn(CC(=O)N3CCCC4=C[C@H]5C[C@@H](CN6CCCC[C@H]56)[C@H]43)c(=O)c2c1OC. The minimum absolute atomic E-state index is 0.0318. The molecule has 3 fully saturated rings. The third-order valence-corrected chi connectivity index (χ3v) is 8.62. The molecule has 0 radical (unpaired) electrons. The van der Waals surface area contributed by atoms with Crippen LogP contribution in [0.1, 0.15) is 38.5 Å². The van der Waals surface area contributed by atoms with E-state index in [9.17, 15) is 9.59 Å². The van der Waals surface area contributed by atoms with E-state index < -0.39 is 0 Å². The molecule has 8 nitrogen and oxygen atoms in total. The van der Waals surface area contributed by atoms with Gasteiger partial charge in [0.2, 0.25) is 5.91 Å². The lowest BCUT2D eigenvalue weighted by Gasteiger charge is -2.54. The van der Waals surface area contributed by atoms with Crippen LogP contribution in [0.25, 0.3) is 10.8 Å². The Hall–Kier alpha value is -2.87. The molecule has 1 aliphatic carbocycles. The summed E-state index contributed by atoms with van der Waals surface area (Å²) in [7, 11) is 3.06. The molecule has 1 amide bonds. The van der Waals surface area contributed by atoms with E-state index in [-0.39, 0.29) is 24.1 Å². The Bertz CT molecular complexity index is 1240. The number of hydrogen-bond acceptors (Lipinski definition) is 6. The summed E-state index contributed by atoms with van der Waals surface area (Å²) in [5.41, 5.74) is 1.11. The Morgan fingerprint density at radius 1 is 1.14 bits per heavy atom. The molecule has 8 heteroatoms. The van der Waals surface area contributed by atoms with Crippen LogP contribution in [0.15, 0.2) is 34.8 Å². The van der Waals surface area contributed by atoms with Crippen molar-refractivity contribution in [2.45, 2.75) is 57.2 Å². The average molecular weight is 479 g/mol. The molecule has 3 saturated heterocycles. The molecule has 6 rings (SSSR count). The van der Waals surface area contributed by atoms with E-state index in [1.54, 1.807) is 25.4 Å². The predicted octanol–water partition coefficient (Wildman–Crippen LogP) is 2.84. The molecule has 1 aromatic carbocycles. The highest BCUT2D eigenvalue weighted by Gasteiger charge is 2.46. The van der Waals surface area contributed by atoms with Gasteiger partial charge in [0.05, 0.1) is 31.8 Å². The Morgan fingerprint density at radius 2 is 2.03 bits per heavy atom. The average Bonchev–Trinajstić information content (AvgIpc) is 2.89. The standard InChI is InChI=1S/C27H34N4O4/c1-34-22-9-8-18-14-28-31(27(33)24(18)26(22)35-2)16-23(32)30-11-5-6-17-12-19-13-20(25(17)30)15-29-10-4-3-7-21(19)29/h8-9,12,14,19-21,25H,3-7,10-11,13,15-16H2,1-2H3/t19-,20-,21+,25-/m0/s1. The second-order valence-electron chi connectivity index (χ2n) is 10.5. The lowest BCUT2D eigenvalue weighted by atomic mass is 9.68. The molecular formula is C27H34N4O4. The van der Waals surface area contributed by atoms with Crippen LogP contribution in [0.3, 0.4) is 0 Å². The van der Waals surface area contributed by atoms with Crippen LogP contribution in [-0.4, -0.2) is 71.4 Å². The van der Waals surface area contributed by atoms with E-state index in [1.165, 1.54) is 49.6 Å². The third-order valence-electron chi connectivity index (χ3n) is 8.62. The largest absolute Gasteiger partial charge is 0.493 e. The number of amides is 1. The smallest absolute Gasteiger partial charge is 0.279 e. The number of fused-ring (bicyclic) bond motifs is 7. The van der Waals surface area contributed by atoms with Crippen molar-refractivity contribution in [3.8, 4) is 11.5 Å². The molecule has 3 aliphatic heterocycles. The summed E-state index contributed by atoms with van der Waals surface area (Å²) < 4.78 is 12.1. The summed E-state index contributed by atoms with van der Waals surface area (Å²) in [6.45, 7) is 2.94. The molecule has 4 aliphatic rings. The fourth-order valence-corrected chi connectivity index (χ4v) is 7.17. The molecule has 1 aromatic heterocycles. The first-order valence-corrected chi connectivity index (χ1v) is 12.9. The van der Waals surface area contributed by atoms with Crippen LogP contribution in [0.2, 0.25) is 0 Å². The first-order chi connectivity index (χ1) is 17.1. The monoisotopic (exact) mass is 478 g/mol. The molecule has 2 aromatic rings. The number of rotatable bonds is 4. The minimum atomic E-state index is -0.336. The maximum atomic E-state index is 13.7. The van der Waals surface area contributed by atoms with Crippen molar-refractivity contribution < 1.29 is 14.3 Å². The number of nitrogens with zero attached hydrogens (tertiary/aromatic N) is 4. The fraction of sp³-hybridized carbons (Fsp3) is 0.593. The summed E-state index contributed by atoms with van der Waals surface area (Å²) in [6.07, 6.45) is 11.3. The summed E-state index contributed by atoms with van der Waals surface area (Å²) in [5.74, 6) is 1.93. The lowest BCUT2D eigenvalue weighted by Crippen LogP contribution is -2.60. The van der Waals surface area contributed by atoms with Gasteiger partial charge < -0.3 is 14.4 Å². The number of methoxy groups -OCH3 is 2. The second kappa shape index (κ2) is 8.97. The van der Waals surface area contributed by atoms with Crippen molar-refractivity contribution in [2.75, 3.05) is 33.9 Å². The van der Waals surface area contributed by atoms with Crippen LogP contribution in [0.4, 0.5) is 0 Å². The van der Waals surface area contributed by atoms with Crippen molar-refractivity contribution in [3.05, 3.63) is 40.3 Å². The van der Waals surface area contributed by atoms with E-state index in [0.717, 1.165) is 25.9 Å². The van der Waals surface area contributed by atoms with Gasteiger partial charge in [-0.15, -0.1) is 0 Å². The number of likely N-dealkylation sites (tertiary alicyclic amines) is 1. The van der Waals surface area contributed by atoms with Crippen molar-refractivity contribution in [2.24, 2.45) is 11.8 Å². The topological polar surface area (TPSA) is 76.9 Å². The molecule has 35 heavy (non-hydrogen) atoms. The second-order valence-corrected chi connectivity index (χ2v) is 10.5. The van der Waals surface area contributed by atoms with Gasteiger partial charge in [-0.3, -0.25) is 14.5 Å². The van der Waals surface area contributed by atoms with Gasteiger partial charge in [0.15, 0.2) is 11.5 Å². The number of hydrogen-bond donors (Lipinski definition) is 0. The van der Waals surface area contributed by atoms with Crippen molar-refractivity contribution in [1.29, 1.82) is 0 Å². The molecule has 2 bridgehead atoms. The molecule has 186 valence electrons. The van der Waals surface area contributed by atoms with Gasteiger partial charge in [0.25, 0.3) is 5.56 Å². The van der Waals surface area contributed by atoms with Gasteiger partial charge >= 0.3 is 0 Å². The summed E-state index contributed by atoms with van der Waals surface area (Å²) >= 11 is 0. The number of piperidine rings is 3. The van der Waals surface area contributed by atoms with Gasteiger partial charge in [-0.05, 0) is 62.6 Å². The molecule has 0 unspecified atom stereocenters. The number of carbonyl (C=O) groups excluding carboxylic acids is 1. The quantitative estimate of drug-likeness (QED) is 0.629. The van der Waals surface area contributed by atoms with E-state index in [1.807, 2.05) is 4.90 Å². The van der Waals surface area contributed by atoms with Crippen LogP contribution in [0, 0.1) is 11.8 Å². The first-order valence-electron chi connectivity index (χ1n) is 12.9. The van der Waals surface area contributed by atoms with E-state index >= 15 is 0 Å². The summed E-state index contributed by atoms with van der Waals surface area (Å²) in [6, 6.07) is 4.38. The van der Waals surface area contributed by atoms with Crippen molar-refractivity contribution >= 4 is 16.7 Å². The highest BCUT2D eigenvalue weighted by molar-refractivity contribution is 5.89. The van der Waals surface area contributed by atoms with Gasteiger partial charge in [-0.2, -0.15) is 5.10 Å². The summed E-state index contributed by atoms with van der Waals surface area (Å²) in [4.78, 5) is 31.8. The lowest BCUT2D eigenvalue weighted by molar-refractivity contribution is -0.137. The highest BCUT2D eigenvalue weighted by Crippen LogP contribution is 2.45. The number of ether oxygens (including phenoxy) is 2. The normalized spacial score (nSPS) is 28.2. The van der Waals surface area contributed by atoms with Crippen LogP contribution in [-0.2, 0) is 11.3 Å². The summed E-state index contributed by atoms with van der Waals surface area (Å²) in [5, 5.41) is 5.38. The zero-order valence-electron chi connectivity index (χ0n) is 20.6. The number of aromatic nitrogens is 2. The first kappa shape index (κ1) is 22.6. The minimum Gasteiger partial charge on any atom is -0.493 e.